The second-order valence-electron chi connectivity index (χ2n) is 2.64. The molecular formula is C9H14O2. The van der Waals surface area contributed by atoms with Gasteiger partial charge in [0.05, 0.1) is 12.7 Å². The molecule has 0 aliphatic carbocycles. The summed E-state index contributed by atoms with van der Waals surface area (Å²) < 4.78 is 5.14. The van der Waals surface area contributed by atoms with E-state index >= 15 is 0 Å². The van der Waals surface area contributed by atoms with Crippen LogP contribution in [0.1, 0.15) is 12.8 Å². The van der Waals surface area contributed by atoms with Crippen LogP contribution in [0.5, 0.6) is 0 Å². The van der Waals surface area contributed by atoms with E-state index in [0.29, 0.717) is 6.10 Å². The molecule has 0 radical (unpaired) electrons. The largest absolute Gasteiger partial charge is 0.394 e. The monoisotopic (exact) mass is 154 g/mol. The third kappa shape index (κ3) is 2.87. The van der Waals surface area contributed by atoms with Gasteiger partial charge < -0.3 is 9.84 Å². The predicted molar refractivity (Wildman–Crippen MR) is 44.3 cm³/mol. The van der Waals surface area contributed by atoms with Crippen molar-refractivity contribution in [2.24, 2.45) is 0 Å². The van der Waals surface area contributed by atoms with Gasteiger partial charge in [-0.05, 0) is 12.8 Å². The molecule has 1 aliphatic rings. The minimum Gasteiger partial charge on any atom is -0.394 e. The van der Waals surface area contributed by atoms with Crippen LogP contribution in [0.2, 0.25) is 0 Å². The maximum atomic E-state index is 8.62. The first-order valence-corrected chi connectivity index (χ1v) is 3.92. The summed E-state index contributed by atoms with van der Waals surface area (Å²) in [5, 5.41) is 8.62. The molecular weight excluding hydrogens is 140 g/mol. The van der Waals surface area contributed by atoms with Gasteiger partial charge in [0.15, 0.2) is 0 Å². The molecule has 0 aromatic rings. The number of epoxide rings is 1. The number of rotatable bonds is 5. The second-order valence-corrected chi connectivity index (χ2v) is 2.64. The van der Waals surface area contributed by atoms with Crippen molar-refractivity contribution in [3.63, 3.8) is 0 Å². The quantitative estimate of drug-likeness (QED) is 0.478. The second kappa shape index (κ2) is 4.31. The van der Waals surface area contributed by atoms with Gasteiger partial charge in [-0.2, -0.15) is 0 Å². The average molecular weight is 154 g/mol. The van der Waals surface area contributed by atoms with E-state index in [1.807, 2.05) is 6.08 Å². The number of ether oxygens (including phenoxy) is 1. The Morgan fingerprint density at radius 2 is 2.27 bits per heavy atom. The first-order valence-electron chi connectivity index (χ1n) is 3.92. The predicted octanol–water partition coefficient (Wildman–Crippen LogP) is 1.27. The number of hydrogen-bond acceptors (Lipinski definition) is 2. The lowest BCUT2D eigenvalue weighted by molar-refractivity contribution is 0.241. The molecule has 0 saturated carbocycles. The molecule has 1 aliphatic heterocycles. The van der Waals surface area contributed by atoms with Crippen LogP contribution in [0.4, 0.5) is 0 Å². The van der Waals surface area contributed by atoms with Gasteiger partial charge in [-0.1, -0.05) is 24.8 Å². The van der Waals surface area contributed by atoms with Gasteiger partial charge in [-0.3, -0.25) is 0 Å². The Labute approximate surface area is 67.2 Å². The first-order chi connectivity index (χ1) is 5.38. The minimum atomic E-state index is 0.118. The van der Waals surface area contributed by atoms with Gasteiger partial charge in [0.2, 0.25) is 0 Å². The lowest BCUT2D eigenvalue weighted by atomic mass is 10.2. The zero-order valence-corrected chi connectivity index (χ0v) is 6.57. The highest BCUT2D eigenvalue weighted by atomic mass is 16.6. The lowest BCUT2D eigenvalue weighted by Crippen LogP contribution is -1.97. The number of aliphatic hydroxyl groups excluding tert-OH is 1. The molecule has 62 valence electrons. The maximum Gasteiger partial charge on any atom is 0.107 e. The van der Waals surface area contributed by atoms with E-state index in [1.54, 1.807) is 6.08 Å². The number of hydrogen-bond donors (Lipinski definition) is 1. The van der Waals surface area contributed by atoms with Gasteiger partial charge in [0.1, 0.15) is 6.10 Å². The van der Waals surface area contributed by atoms with Crippen molar-refractivity contribution in [3.05, 3.63) is 24.8 Å². The first kappa shape index (κ1) is 8.50. The number of allylic oxidation sites excluding steroid dienone is 3. The van der Waals surface area contributed by atoms with Crippen molar-refractivity contribution < 1.29 is 9.84 Å². The Balaban J connectivity index is 1.97. The van der Waals surface area contributed by atoms with Crippen molar-refractivity contribution in [2.75, 3.05) is 6.61 Å². The van der Waals surface area contributed by atoms with Gasteiger partial charge in [-0.25, -0.2) is 0 Å². The third-order valence-corrected chi connectivity index (χ3v) is 1.76. The normalized spacial score (nSPS) is 29.2. The van der Waals surface area contributed by atoms with Gasteiger partial charge in [-0.15, -0.1) is 0 Å². The molecule has 0 bridgehead atoms. The van der Waals surface area contributed by atoms with Crippen LogP contribution < -0.4 is 0 Å². The van der Waals surface area contributed by atoms with Gasteiger partial charge >= 0.3 is 0 Å². The maximum absolute atomic E-state index is 8.62. The highest BCUT2D eigenvalue weighted by Gasteiger charge is 2.36. The summed E-state index contributed by atoms with van der Waals surface area (Å²) >= 11 is 0. The molecule has 0 amide bonds. The number of aliphatic hydroxyl groups is 1. The molecule has 1 N–H and O–H groups in total. The van der Waals surface area contributed by atoms with Gasteiger partial charge in [0.25, 0.3) is 0 Å². The highest BCUT2D eigenvalue weighted by Crippen LogP contribution is 2.25. The molecule has 2 heteroatoms. The third-order valence-electron chi connectivity index (χ3n) is 1.76. The Morgan fingerprint density at radius 3 is 2.82 bits per heavy atom. The summed E-state index contributed by atoms with van der Waals surface area (Å²) in [6.45, 7) is 3.73. The molecule has 0 spiro atoms. The van der Waals surface area contributed by atoms with Gasteiger partial charge in [0, 0.05) is 0 Å². The van der Waals surface area contributed by atoms with Crippen LogP contribution in [0.25, 0.3) is 0 Å². The standard InChI is InChI=1S/C9H14O2/c1-2-3-4-5-6-8-9(7-10)11-8/h2-4,8-10H,1,5-7H2/b4-3-. The summed E-state index contributed by atoms with van der Waals surface area (Å²) in [5.41, 5.74) is 0. The summed E-state index contributed by atoms with van der Waals surface area (Å²) in [5.74, 6) is 0. The molecule has 2 unspecified atom stereocenters. The fraction of sp³-hybridized carbons (Fsp3) is 0.556. The lowest BCUT2D eigenvalue weighted by Gasteiger charge is -1.87. The highest BCUT2D eigenvalue weighted by molar-refractivity contribution is 4.98. The average Bonchev–Trinajstić information content (AvgIpc) is 2.77. The smallest absolute Gasteiger partial charge is 0.107 e. The minimum absolute atomic E-state index is 0.118. The van der Waals surface area contributed by atoms with Crippen molar-refractivity contribution in [1.82, 2.24) is 0 Å². The zero-order valence-electron chi connectivity index (χ0n) is 6.57. The van der Waals surface area contributed by atoms with E-state index in [4.69, 9.17) is 9.84 Å². The van der Waals surface area contributed by atoms with Crippen LogP contribution in [0.15, 0.2) is 24.8 Å². The van der Waals surface area contributed by atoms with E-state index in [9.17, 15) is 0 Å². The molecule has 0 aromatic carbocycles. The molecule has 1 heterocycles. The summed E-state index contributed by atoms with van der Waals surface area (Å²) in [6.07, 6.45) is 8.18. The molecule has 1 rings (SSSR count). The van der Waals surface area contributed by atoms with Crippen LogP contribution in [0, 0.1) is 0 Å². The van der Waals surface area contributed by atoms with Crippen molar-refractivity contribution >= 4 is 0 Å². The molecule has 2 nitrogen and oxygen atoms in total. The molecule has 1 fully saturated rings. The topological polar surface area (TPSA) is 32.8 Å². The SMILES string of the molecule is C=C/C=C\CCC1OC1CO. The van der Waals surface area contributed by atoms with E-state index in [1.165, 1.54) is 0 Å². The van der Waals surface area contributed by atoms with Crippen LogP contribution in [0.3, 0.4) is 0 Å². The van der Waals surface area contributed by atoms with E-state index in [-0.39, 0.29) is 12.7 Å². The summed E-state index contributed by atoms with van der Waals surface area (Å²) in [7, 11) is 0. The Morgan fingerprint density at radius 1 is 1.45 bits per heavy atom. The van der Waals surface area contributed by atoms with E-state index < -0.39 is 0 Å². The fourth-order valence-corrected chi connectivity index (χ4v) is 1.05. The summed E-state index contributed by atoms with van der Waals surface area (Å²) in [6, 6.07) is 0. The van der Waals surface area contributed by atoms with Crippen molar-refractivity contribution in [1.29, 1.82) is 0 Å². The Hall–Kier alpha value is -0.600. The Kier molecular flexibility index (Phi) is 3.33. The van der Waals surface area contributed by atoms with Crippen LogP contribution >= 0.6 is 0 Å². The molecule has 11 heavy (non-hydrogen) atoms. The fourth-order valence-electron chi connectivity index (χ4n) is 1.05. The Bertz CT molecular complexity index is 152. The summed E-state index contributed by atoms with van der Waals surface area (Å²) in [4.78, 5) is 0. The van der Waals surface area contributed by atoms with Crippen LogP contribution in [-0.2, 0) is 4.74 Å². The molecule has 1 saturated heterocycles. The van der Waals surface area contributed by atoms with Crippen molar-refractivity contribution in [3.8, 4) is 0 Å². The molecule has 2 atom stereocenters. The zero-order chi connectivity index (χ0) is 8.10. The van der Waals surface area contributed by atoms with Crippen LogP contribution in [-0.4, -0.2) is 23.9 Å². The molecule has 0 aromatic heterocycles. The van der Waals surface area contributed by atoms with Crippen molar-refractivity contribution in [2.45, 2.75) is 25.0 Å². The van der Waals surface area contributed by atoms with E-state index in [2.05, 4.69) is 12.7 Å². The van der Waals surface area contributed by atoms with E-state index in [0.717, 1.165) is 12.8 Å².